The van der Waals surface area contributed by atoms with Crippen molar-refractivity contribution in [3.05, 3.63) is 22.6 Å². The molecule has 0 radical (unpaired) electrons. The number of rotatable bonds is 2. The Labute approximate surface area is 75.0 Å². The predicted molar refractivity (Wildman–Crippen MR) is 49.7 cm³/mol. The Morgan fingerprint density at radius 3 is 3.08 bits per heavy atom. The number of hydrogen-bond acceptors (Lipinski definition) is 2. The minimum atomic E-state index is -1.10. The van der Waals surface area contributed by atoms with E-state index >= 15 is 0 Å². The van der Waals surface area contributed by atoms with Crippen LogP contribution >= 0.6 is 0 Å². The first-order valence-electron chi connectivity index (χ1n) is 3.87. The highest BCUT2D eigenvalue weighted by atomic mass is 32.2. The second-order valence-electron chi connectivity index (χ2n) is 2.73. The van der Waals surface area contributed by atoms with E-state index in [-0.39, 0.29) is 5.75 Å². The third-order valence-electron chi connectivity index (χ3n) is 1.82. The van der Waals surface area contributed by atoms with E-state index in [9.17, 15) is 4.21 Å². The summed E-state index contributed by atoms with van der Waals surface area (Å²) in [7, 11) is -1.10. The van der Waals surface area contributed by atoms with Gasteiger partial charge in [0.15, 0.2) is 0 Å². The van der Waals surface area contributed by atoms with Crippen LogP contribution < -0.4 is 0 Å². The van der Waals surface area contributed by atoms with E-state index < -0.39 is 10.8 Å². The summed E-state index contributed by atoms with van der Waals surface area (Å²) in [5, 5.41) is 8.36. The SMILES string of the molecule is CC1=C(S(=O)CC#N)C=CCC1. The van der Waals surface area contributed by atoms with Crippen LogP contribution in [0.5, 0.6) is 0 Å². The van der Waals surface area contributed by atoms with Gasteiger partial charge in [-0.3, -0.25) is 4.21 Å². The van der Waals surface area contributed by atoms with Crippen molar-refractivity contribution in [2.45, 2.75) is 19.8 Å². The van der Waals surface area contributed by atoms with Crippen LogP contribution in [0.25, 0.3) is 0 Å². The molecule has 0 amide bonds. The zero-order valence-electron chi connectivity index (χ0n) is 7.04. The van der Waals surface area contributed by atoms with Gasteiger partial charge in [-0.25, -0.2) is 0 Å². The number of nitrogens with zero attached hydrogens (tertiary/aromatic N) is 1. The van der Waals surface area contributed by atoms with Gasteiger partial charge in [-0.1, -0.05) is 17.7 Å². The molecule has 0 bridgehead atoms. The molecule has 0 aromatic carbocycles. The van der Waals surface area contributed by atoms with E-state index in [1.165, 1.54) is 0 Å². The van der Waals surface area contributed by atoms with Crippen LogP contribution in [-0.2, 0) is 10.8 Å². The van der Waals surface area contributed by atoms with Crippen molar-refractivity contribution in [2.75, 3.05) is 5.75 Å². The minimum absolute atomic E-state index is 0.108. The molecule has 1 atom stereocenters. The number of nitriles is 1. The first-order valence-corrected chi connectivity index (χ1v) is 5.19. The molecule has 12 heavy (non-hydrogen) atoms. The highest BCUT2D eigenvalue weighted by Crippen LogP contribution is 2.20. The molecule has 0 N–H and O–H groups in total. The molecule has 0 aromatic rings. The molecule has 1 aliphatic carbocycles. The zero-order chi connectivity index (χ0) is 8.97. The normalized spacial score (nSPS) is 19.0. The molecule has 0 fully saturated rings. The highest BCUT2D eigenvalue weighted by molar-refractivity contribution is 7.89. The second kappa shape index (κ2) is 4.22. The van der Waals surface area contributed by atoms with Gasteiger partial charge in [0.25, 0.3) is 0 Å². The van der Waals surface area contributed by atoms with E-state index in [0.717, 1.165) is 23.3 Å². The predicted octanol–water partition coefficient (Wildman–Crippen LogP) is 1.88. The molecule has 1 rings (SSSR count). The lowest BCUT2D eigenvalue weighted by Gasteiger charge is -2.09. The summed E-state index contributed by atoms with van der Waals surface area (Å²) in [4.78, 5) is 0.850. The van der Waals surface area contributed by atoms with Crippen molar-refractivity contribution in [1.29, 1.82) is 5.26 Å². The maximum atomic E-state index is 11.4. The van der Waals surface area contributed by atoms with Gasteiger partial charge in [0.05, 0.1) is 16.9 Å². The second-order valence-corrected chi connectivity index (χ2v) is 4.15. The Kier molecular flexibility index (Phi) is 3.24. The molecule has 2 nitrogen and oxygen atoms in total. The molecule has 0 saturated carbocycles. The fraction of sp³-hybridized carbons (Fsp3) is 0.444. The first kappa shape index (κ1) is 9.21. The van der Waals surface area contributed by atoms with Gasteiger partial charge >= 0.3 is 0 Å². The lowest BCUT2D eigenvalue weighted by Crippen LogP contribution is -2.02. The van der Waals surface area contributed by atoms with Crippen molar-refractivity contribution in [1.82, 2.24) is 0 Å². The van der Waals surface area contributed by atoms with Gasteiger partial charge in [0.2, 0.25) is 0 Å². The molecular formula is C9H11NOS. The summed E-state index contributed by atoms with van der Waals surface area (Å²) in [6, 6.07) is 1.92. The highest BCUT2D eigenvalue weighted by Gasteiger charge is 2.10. The van der Waals surface area contributed by atoms with Crippen molar-refractivity contribution in [3.8, 4) is 6.07 Å². The van der Waals surface area contributed by atoms with Gasteiger partial charge in [-0.15, -0.1) is 0 Å². The molecular weight excluding hydrogens is 170 g/mol. The quantitative estimate of drug-likeness (QED) is 0.652. The van der Waals surface area contributed by atoms with Crippen LogP contribution in [0.4, 0.5) is 0 Å². The van der Waals surface area contributed by atoms with Gasteiger partial charge in [-0.05, 0) is 19.8 Å². The molecule has 3 heteroatoms. The zero-order valence-corrected chi connectivity index (χ0v) is 7.86. The molecule has 0 aliphatic heterocycles. The lowest BCUT2D eigenvalue weighted by molar-refractivity contribution is 0.688. The van der Waals surface area contributed by atoms with E-state index in [1.54, 1.807) is 0 Å². The molecule has 64 valence electrons. The van der Waals surface area contributed by atoms with E-state index in [1.807, 2.05) is 25.1 Å². The molecule has 1 aliphatic rings. The maximum absolute atomic E-state index is 11.4. The summed E-state index contributed by atoms with van der Waals surface area (Å²) in [6.07, 6.45) is 5.89. The monoisotopic (exact) mass is 181 g/mol. The molecule has 1 unspecified atom stereocenters. The Morgan fingerprint density at radius 2 is 2.50 bits per heavy atom. The smallest absolute Gasteiger partial charge is 0.115 e. The van der Waals surface area contributed by atoms with E-state index in [2.05, 4.69) is 0 Å². The third kappa shape index (κ3) is 2.05. The van der Waals surface area contributed by atoms with Crippen LogP contribution in [0, 0.1) is 11.3 Å². The summed E-state index contributed by atoms with van der Waals surface area (Å²) >= 11 is 0. The largest absolute Gasteiger partial charge is 0.253 e. The Bertz CT molecular complexity index is 296. The molecule has 0 aromatic heterocycles. The Morgan fingerprint density at radius 1 is 1.75 bits per heavy atom. The van der Waals surface area contributed by atoms with Gasteiger partial charge in [0, 0.05) is 4.91 Å². The number of allylic oxidation sites excluding steroid dienone is 3. The van der Waals surface area contributed by atoms with Crippen LogP contribution in [0.15, 0.2) is 22.6 Å². The standard InChI is InChI=1S/C9H11NOS/c1-8-4-2-3-5-9(8)12(11)7-6-10/h3,5H,2,4,7H2,1H3. The lowest BCUT2D eigenvalue weighted by atomic mass is 10.1. The van der Waals surface area contributed by atoms with Crippen LogP contribution in [-0.4, -0.2) is 9.96 Å². The fourth-order valence-electron chi connectivity index (χ4n) is 1.16. The fourth-order valence-corrected chi connectivity index (χ4v) is 2.17. The van der Waals surface area contributed by atoms with Crippen molar-refractivity contribution >= 4 is 10.8 Å². The van der Waals surface area contributed by atoms with Gasteiger partial charge < -0.3 is 0 Å². The molecule has 0 spiro atoms. The Balaban J connectivity index is 2.80. The topological polar surface area (TPSA) is 40.9 Å². The number of hydrogen-bond donors (Lipinski definition) is 0. The summed E-state index contributed by atoms with van der Waals surface area (Å²) in [6.45, 7) is 1.98. The van der Waals surface area contributed by atoms with Crippen LogP contribution in [0.2, 0.25) is 0 Å². The van der Waals surface area contributed by atoms with Crippen LogP contribution in [0.1, 0.15) is 19.8 Å². The van der Waals surface area contributed by atoms with E-state index in [0.29, 0.717) is 0 Å². The molecule has 0 heterocycles. The summed E-state index contributed by atoms with van der Waals surface area (Å²) in [5.41, 5.74) is 1.16. The molecule has 0 saturated heterocycles. The van der Waals surface area contributed by atoms with Crippen molar-refractivity contribution < 1.29 is 4.21 Å². The first-order chi connectivity index (χ1) is 5.75. The summed E-state index contributed by atoms with van der Waals surface area (Å²) in [5.74, 6) is 0.108. The minimum Gasteiger partial charge on any atom is -0.253 e. The Hall–Kier alpha value is -0.880. The average molecular weight is 181 g/mol. The maximum Gasteiger partial charge on any atom is 0.115 e. The van der Waals surface area contributed by atoms with Gasteiger partial charge in [-0.2, -0.15) is 5.26 Å². The van der Waals surface area contributed by atoms with Gasteiger partial charge in [0.1, 0.15) is 5.75 Å². The third-order valence-corrected chi connectivity index (χ3v) is 3.18. The van der Waals surface area contributed by atoms with Crippen LogP contribution in [0.3, 0.4) is 0 Å². The van der Waals surface area contributed by atoms with E-state index in [4.69, 9.17) is 5.26 Å². The average Bonchev–Trinajstić information content (AvgIpc) is 2.05. The van der Waals surface area contributed by atoms with Crippen molar-refractivity contribution in [2.24, 2.45) is 0 Å². The van der Waals surface area contributed by atoms with Crippen molar-refractivity contribution in [3.63, 3.8) is 0 Å². The summed E-state index contributed by atoms with van der Waals surface area (Å²) < 4.78 is 11.4.